The van der Waals surface area contributed by atoms with E-state index >= 15 is 0 Å². The minimum Gasteiger partial charge on any atom is -0.316 e. The first kappa shape index (κ1) is 9.23. The standard InChI is InChI=1S/C10H16N2/c1-2-9(10(11)12)8-6-4-3-5-7-8/h3-7,9-10H,2,11-12H2,1H3/t9-/m0/s1. The summed E-state index contributed by atoms with van der Waals surface area (Å²) in [6.45, 7) is 2.10. The lowest BCUT2D eigenvalue weighted by Gasteiger charge is -2.18. The molecule has 0 saturated carbocycles. The number of benzene rings is 1. The highest BCUT2D eigenvalue weighted by molar-refractivity contribution is 5.20. The van der Waals surface area contributed by atoms with Gasteiger partial charge in [0.1, 0.15) is 0 Å². The van der Waals surface area contributed by atoms with E-state index in [0.29, 0.717) is 0 Å². The highest BCUT2D eigenvalue weighted by atomic mass is 14.9. The topological polar surface area (TPSA) is 52.0 Å². The molecule has 0 unspecified atom stereocenters. The number of rotatable bonds is 3. The Hall–Kier alpha value is -0.860. The van der Waals surface area contributed by atoms with E-state index in [1.165, 1.54) is 5.56 Å². The molecule has 0 aliphatic heterocycles. The first-order valence-electron chi connectivity index (χ1n) is 4.31. The Kier molecular flexibility index (Phi) is 3.26. The molecule has 1 atom stereocenters. The molecule has 0 heterocycles. The van der Waals surface area contributed by atoms with Crippen LogP contribution in [0, 0.1) is 0 Å². The second kappa shape index (κ2) is 4.24. The van der Waals surface area contributed by atoms with Gasteiger partial charge < -0.3 is 11.5 Å². The van der Waals surface area contributed by atoms with Gasteiger partial charge in [0.05, 0.1) is 6.17 Å². The highest BCUT2D eigenvalue weighted by Gasteiger charge is 2.12. The first-order valence-corrected chi connectivity index (χ1v) is 4.31. The van der Waals surface area contributed by atoms with Crippen LogP contribution in [-0.2, 0) is 0 Å². The monoisotopic (exact) mass is 164 g/mol. The Balaban J connectivity index is 2.80. The van der Waals surface area contributed by atoms with Crippen LogP contribution in [0.15, 0.2) is 30.3 Å². The summed E-state index contributed by atoms with van der Waals surface area (Å²) in [6, 6.07) is 10.2. The van der Waals surface area contributed by atoms with Crippen molar-refractivity contribution >= 4 is 0 Å². The lowest BCUT2D eigenvalue weighted by atomic mass is 9.94. The van der Waals surface area contributed by atoms with Crippen LogP contribution < -0.4 is 11.5 Å². The van der Waals surface area contributed by atoms with Gasteiger partial charge >= 0.3 is 0 Å². The summed E-state index contributed by atoms with van der Waals surface area (Å²) in [5.74, 6) is 0.284. The lowest BCUT2D eigenvalue weighted by Crippen LogP contribution is -2.36. The average Bonchev–Trinajstić information content (AvgIpc) is 2.07. The van der Waals surface area contributed by atoms with Crippen LogP contribution in [-0.4, -0.2) is 6.17 Å². The third-order valence-electron chi connectivity index (χ3n) is 2.13. The van der Waals surface area contributed by atoms with Crippen molar-refractivity contribution in [3.05, 3.63) is 35.9 Å². The van der Waals surface area contributed by atoms with Crippen molar-refractivity contribution in [3.8, 4) is 0 Å². The van der Waals surface area contributed by atoms with Gasteiger partial charge in [0, 0.05) is 5.92 Å². The van der Waals surface area contributed by atoms with E-state index in [2.05, 4.69) is 19.1 Å². The number of hydrogen-bond donors (Lipinski definition) is 2. The summed E-state index contributed by atoms with van der Waals surface area (Å²) in [5, 5.41) is 0. The largest absolute Gasteiger partial charge is 0.316 e. The summed E-state index contributed by atoms with van der Waals surface area (Å²) in [6.07, 6.45) is 0.735. The maximum Gasteiger partial charge on any atom is 0.0591 e. The second-order valence-corrected chi connectivity index (χ2v) is 3.00. The van der Waals surface area contributed by atoms with Crippen LogP contribution >= 0.6 is 0 Å². The summed E-state index contributed by atoms with van der Waals surface area (Å²) in [7, 11) is 0. The first-order chi connectivity index (χ1) is 5.75. The predicted molar refractivity (Wildman–Crippen MR) is 51.6 cm³/mol. The zero-order chi connectivity index (χ0) is 8.97. The molecule has 0 aromatic heterocycles. The van der Waals surface area contributed by atoms with Crippen LogP contribution in [0.4, 0.5) is 0 Å². The van der Waals surface area contributed by atoms with Crippen molar-refractivity contribution in [1.82, 2.24) is 0 Å². The van der Waals surface area contributed by atoms with E-state index < -0.39 is 0 Å². The van der Waals surface area contributed by atoms with E-state index in [0.717, 1.165) is 6.42 Å². The maximum absolute atomic E-state index is 5.66. The number of hydrogen-bond acceptors (Lipinski definition) is 2. The van der Waals surface area contributed by atoms with Crippen molar-refractivity contribution in [2.75, 3.05) is 0 Å². The summed E-state index contributed by atoms with van der Waals surface area (Å²) in [5.41, 5.74) is 12.5. The van der Waals surface area contributed by atoms with Crippen molar-refractivity contribution < 1.29 is 0 Å². The summed E-state index contributed by atoms with van der Waals surface area (Å²) >= 11 is 0. The van der Waals surface area contributed by atoms with Gasteiger partial charge in [-0.2, -0.15) is 0 Å². The molecular weight excluding hydrogens is 148 g/mol. The van der Waals surface area contributed by atoms with E-state index in [4.69, 9.17) is 11.5 Å². The van der Waals surface area contributed by atoms with Crippen molar-refractivity contribution in [1.29, 1.82) is 0 Å². The molecule has 2 nitrogen and oxygen atoms in total. The van der Waals surface area contributed by atoms with Gasteiger partial charge in [0.25, 0.3) is 0 Å². The van der Waals surface area contributed by atoms with E-state index in [1.807, 2.05) is 18.2 Å². The summed E-state index contributed by atoms with van der Waals surface area (Å²) in [4.78, 5) is 0. The lowest BCUT2D eigenvalue weighted by molar-refractivity contribution is 0.533. The van der Waals surface area contributed by atoms with Crippen LogP contribution in [0.3, 0.4) is 0 Å². The predicted octanol–water partition coefficient (Wildman–Crippen LogP) is 1.42. The fraction of sp³-hybridized carbons (Fsp3) is 0.400. The van der Waals surface area contributed by atoms with E-state index in [1.54, 1.807) is 0 Å². The molecule has 4 N–H and O–H groups in total. The minimum absolute atomic E-state index is 0.252. The molecule has 0 aliphatic carbocycles. The normalized spacial score (nSPS) is 13.3. The zero-order valence-corrected chi connectivity index (χ0v) is 7.40. The van der Waals surface area contributed by atoms with E-state index in [9.17, 15) is 0 Å². The molecule has 2 heteroatoms. The second-order valence-electron chi connectivity index (χ2n) is 3.00. The Morgan fingerprint density at radius 2 is 1.75 bits per heavy atom. The third kappa shape index (κ3) is 2.06. The molecular formula is C10H16N2. The minimum atomic E-state index is -0.252. The van der Waals surface area contributed by atoms with Crippen molar-refractivity contribution in [3.63, 3.8) is 0 Å². The Morgan fingerprint density at radius 3 is 2.17 bits per heavy atom. The molecule has 0 bridgehead atoms. The molecule has 0 radical (unpaired) electrons. The van der Waals surface area contributed by atoms with Gasteiger partial charge in [-0.3, -0.25) is 0 Å². The molecule has 1 aromatic rings. The van der Waals surface area contributed by atoms with Crippen LogP contribution in [0.25, 0.3) is 0 Å². The molecule has 0 saturated heterocycles. The molecule has 1 rings (SSSR count). The van der Waals surface area contributed by atoms with E-state index in [-0.39, 0.29) is 12.1 Å². The molecule has 66 valence electrons. The molecule has 0 fully saturated rings. The molecule has 1 aromatic carbocycles. The quantitative estimate of drug-likeness (QED) is 0.664. The van der Waals surface area contributed by atoms with Crippen LogP contribution in [0.1, 0.15) is 24.8 Å². The molecule has 12 heavy (non-hydrogen) atoms. The Morgan fingerprint density at radius 1 is 1.17 bits per heavy atom. The SMILES string of the molecule is CC[C@@H](c1ccccc1)C(N)N. The van der Waals surface area contributed by atoms with Gasteiger partial charge in [0.2, 0.25) is 0 Å². The fourth-order valence-electron chi connectivity index (χ4n) is 1.43. The molecule has 0 aliphatic rings. The Labute approximate surface area is 73.6 Å². The molecule has 0 amide bonds. The van der Waals surface area contributed by atoms with Gasteiger partial charge in [-0.25, -0.2) is 0 Å². The van der Waals surface area contributed by atoms with Crippen molar-refractivity contribution in [2.24, 2.45) is 11.5 Å². The van der Waals surface area contributed by atoms with Gasteiger partial charge in [-0.15, -0.1) is 0 Å². The summed E-state index contributed by atoms with van der Waals surface area (Å²) < 4.78 is 0. The van der Waals surface area contributed by atoms with Crippen LogP contribution in [0.5, 0.6) is 0 Å². The number of nitrogens with two attached hydrogens (primary N) is 2. The highest BCUT2D eigenvalue weighted by Crippen LogP contribution is 2.19. The fourth-order valence-corrected chi connectivity index (χ4v) is 1.43. The Bertz CT molecular complexity index is 219. The van der Waals surface area contributed by atoms with Crippen molar-refractivity contribution in [2.45, 2.75) is 25.4 Å². The zero-order valence-electron chi connectivity index (χ0n) is 7.40. The smallest absolute Gasteiger partial charge is 0.0591 e. The van der Waals surface area contributed by atoms with Gasteiger partial charge in [-0.1, -0.05) is 37.3 Å². The average molecular weight is 164 g/mol. The third-order valence-corrected chi connectivity index (χ3v) is 2.13. The van der Waals surface area contributed by atoms with Gasteiger partial charge in [-0.05, 0) is 12.0 Å². The van der Waals surface area contributed by atoms with Gasteiger partial charge in [0.15, 0.2) is 0 Å². The van der Waals surface area contributed by atoms with Crippen LogP contribution in [0.2, 0.25) is 0 Å². The maximum atomic E-state index is 5.66. The molecule has 0 spiro atoms.